The molecule has 0 unspecified atom stereocenters. The molecule has 0 saturated heterocycles. The Morgan fingerprint density at radius 3 is 2.17 bits per heavy atom. The van der Waals surface area contributed by atoms with Crippen LogP contribution in [0.3, 0.4) is 0 Å². The van der Waals surface area contributed by atoms with E-state index >= 15 is 0 Å². The van der Waals surface area contributed by atoms with E-state index in [9.17, 15) is 0 Å². The van der Waals surface area contributed by atoms with Crippen molar-refractivity contribution in [3.8, 4) is 0 Å². The number of hydrogen-bond acceptors (Lipinski definition) is 1. The fourth-order valence-corrected chi connectivity index (χ4v) is 1.74. The van der Waals surface area contributed by atoms with Crippen molar-refractivity contribution in [1.82, 2.24) is 0 Å². The summed E-state index contributed by atoms with van der Waals surface area (Å²) in [4.78, 5) is 8.73. The van der Waals surface area contributed by atoms with Gasteiger partial charge in [0, 0.05) is 8.15 Å². The van der Waals surface area contributed by atoms with Crippen LogP contribution in [0.4, 0.5) is 0 Å². The van der Waals surface area contributed by atoms with Crippen LogP contribution in [0.15, 0.2) is 42.5 Å². The first kappa shape index (κ1) is 18.4. The third-order valence-corrected chi connectivity index (χ3v) is 3.74. The Morgan fingerprint density at radius 2 is 1.72 bits per heavy atom. The van der Waals surface area contributed by atoms with E-state index in [1.165, 1.54) is 10.8 Å². The van der Waals surface area contributed by atoms with Crippen molar-refractivity contribution in [2.45, 2.75) is 13.8 Å². The van der Waals surface area contributed by atoms with E-state index in [0.717, 1.165) is 12.3 Å². The van der Waals surface area contributed by atoms with Gasteiger partial charge >= 0.3 is 34.8 Å². The summed E-state index contributed by atoms with van der Waals surface area (Å²) in [7, 11) is 9.20. The summed E-state index contributed by atoms with van der Waals surface area (Å²) in [5, 5.41) is 2.66. The molecule has 2 aromatic carbocycles. The average molecular weight is 484 g/mol. The number of fused-ring (bicyclic) bond motifs is 1. The van der Waals surface area contributed by atoms with Gasteiger partial charge in [-0.25, -0.2) is 0 Å². The molecular formula is C13H18Cl2IrOP. The zero-order valence-corrected chi connectivity index (χ0v) is 15.2. The van der Waals surface area contributed by atoms with Gasteiger partial charge in [-0.15, -0.1) is 29.7 Å². The quantitative estimate of drug-likeness (QED) is 0.450. The second kappa shape index (κ2) is 12.5. The molecule has 0 radical (unpaired) electrons. The number of rotatable bonds is 2. The molecule has 0 aliphatic rings. The summed E-state index contributed by atoms with van der Waals surface area (Å²) >= 11 is -0.556. The molecule has 104 valence electrons. The van der Waals surface area contributed by atoms with Gasteiger partial charge in [-0.1, -0.05) is 19.9 Å². The fourth-order valence-electron chi connectivity index (χ4n) is 1.29. The van der Waals surface area contributed by atoms with E-state index in [2.05, 4.69) is 42.5 Å². The number of hydrogen-bond donors (Lipinski definition) is 1. The summed E-state index contributed by atoms with van der Waals surface area (Å²) in [5.41, 5.74) is 0. The molecule has 0 aliphatic heterocycles. The largest absolute Gasteiger partial charge is 0.168 e. The second-order valence-electron chi connectivity index (χ2n) is 3.34. The van der Waals surface area contributed by atoms with Crippen LogP contribution >= 0.6 is 27.3 Å². The van der Waals surface area contributed by atoms with Crippen molar-refractivity contribution in [2.24, 2.45) is 0 Å². The topological polar surface area (TPSA) is 20.2 Å². The predicted molar refractivity (Wildman–Crippen MR) is 81.5 cm³/mol. The van der Waals surface area contributed by atoms with Crippen LogP contribution in [-0.2, 0) is 15.7 Å². The minimum atomic E-state index is -0.576. The van der Waals surface area contributed by atoms with Crippen molar-refractivity contribution in [1.29, 1.82) is 0 Å². The molecule has 0 spiro atoms. The molecule has 0 aliphatic carbocycles. The summed E-state index contributed by atoms with van der Waals surface area (Å²) < 4.78 is 0. The first-order valence-electron chi connectivity index (χ1n) is 5.57. The van der Waals surface area contributed by atoms with E-state index in [4.69, 9.17) is 24.1 Å². The van der Waals surface area contributed by atoms with E-state index in [1.54, 1.807) is 0 Å². The summed E-state index contributed by atoms with van der Waals surface area (Å²) in [6, 6.07) is 14.7. The Hall–Kier alpha value is 0.449. The Labute approximate surface area is 127 Å². The van der Waals surface area contributed by atoms with Gasteiger partial charge in [-0.05, 0) is 12.3 Å². The zero-order chi connectivity index (χ0) is 13.8. The smallest absolute Gasteiger partial charge is 0.0809 e. The van der Waals surface area contributed by atoms with Gasteiger partial charge in [-0.2, -0.15) is 17.5 Å². The van der Waals surface area contributed by atoms with Crippen LogP contribution in [0.1, 0.15) is 13.8 Å². The van der Waals surface area contributed by atoms with E-state index < -0.39 is 23.8 Å². The van der Waals surface area contributed by atoms with Crippen LogP contribution in [-0.4, -0.2) is 17.2 Å². The van der Waals surface area contributed by atoms with E-state index in [0.29, 0.717) is 0 Å². The SMILES string of the molecule is CCP(O)CC.[Cl][Ir+][Cl].c1ccc2[cH-]ccc2c1. The molecule has 0 atom stereocenters. The van der Waals surface area contributed by atoms with E-state index in [-0.39, 0.29) is 0 Å². The molecular weight excluding hydrogens is 466 g/mol. The Balaban J connectivity index is 0.000000282. The Kier molecular flexibility index (Phi) is 12.8. The molecule has 0 bridgehead atoms. The molecule has 5 heteroatoms. The standard InChI is InChI=1S/C9H7.C4H11OP.2ClH.Ir/c1-2-5-9-7-3-6-8(9)4-1;1-3-6(5)4-2;;;/h1-7H;5H,3-4H2,1-2H3;2*1H;/q-1;;;;+3/p-2. The maximum absolute atomic E-state index is 8.73. The third-order valence-electron chi connectivity index (χ3n) is 2.28. The number of halogens is 2. The summed E-state index contributed by atoms with van der Waals surface area (Å²) in [6.07, 6.45) is 1.90. The Morgan fingerprint density at radius 1 is 1.17 bits per heavy atom. The minimum Gasteiger partial charge on any atom is -0.168 e. The summed E-state index contributed by atoms with van der Waals surface area (Å²) in [6.45, 7) is 4.02. The number of benzene rings is 1. The average Bonchev–Trinajstić information content (AvgIpc) is 2.87. The van der Waals surface area contributed by atoms with Crippen molar-refractivity contribution < 1.29 is 20.6 Å². The van der Waals surface area contributed by atoms with Crippen LogP contribution in [0.2, 0.25) is 0 Å². The van der Waals surface area contributed by atoms with Gasteiger partial charge < -0.3 is 4.89 Å². The Bertz CT molecular complexity index is 374. The van der Waals surface area contributed by atoms with Crippen molar-refractivity contribution >= 4 is 38.1 Å². The van der Waals surface area contributed by atoms with Gasteiger partial charge in [0.05, 0.1) is 0 Å². The maximum atomic E-state index is 8.73. The molecule has 2 aromatic rings. The molecule has 0 aromatic heterocycles. The predicted octanol–water partition coefficient (Wildman–Crippen LogP) is 5.35. The molecule has 0 heterocycles. The maximum Gasteiger partial charge on any atom is -0.0809 e. The molecule has 0 amide bonds. The summed E-state index contributed by atoms with van der Waals surface area (Å²) in [5.74, 6) is 0. The normalized spacial score (nSPS) is 9.67. The molecule has 1 nitrogen and oxygen atoms in total. The van der Waals surface area contributed by atoms with Crippen LogP contribution in [0.25, 0.3) is 10.8 Å². The van der Waals surface area contributed by atoms with Gasteiger partial charge in [0.1, 0.15) is 0 Å². The monoisotopic (exact) mass is 484 g/mol. The molecule has 0 fully saturated rings. The van der Waals surface area contributed by atoms with Gasteiger partial charge in [0.2, 0.25) is 0 Å². The third kappa shape index (κ3) is 8.53. The van der Waals surface area contributed by atoms with Gasteiger partial charge in [0.25, 0.3) is 0 Å². The molecule has 1 N–H and O–H groups in total. The fraction of sp³-hybridized carbons (Fsp3) is 0.308. The zero-order valence-electron chi connectivity index (χ0n) is 10.4. The van der Waals surface area contributed by atoms with Crippen LogP contribution < -0.4 is 0 Å². The van der Waals surface area contributed by atoms with Crippen molar-refractivity contribution in [3.63, 3.8) is 0 Å². The first-order valence-corrected chi connectivity index (χ1v) is 13.2. The molecule has 0 saturated carbocycles. The van der Waals surface area contributed by atoms with Gasteiger partial charge in [0.15, 0.2) is 0 Å². The molecule has 18 heavy (non-hydrogen) atoms. The van der Waals surface area contributed by atoms with Crippen LogP contribution in [0.5, 0.6) is 0 Å². The van der Waals surface area contributed by atoms with Gasteiger partial charge in [-0.3, -0.25) is 0 Å². The second-order valence-corrected chi connectivity index (χ2v) is 9.08. The first-order chi connectivity index (χ1) is 8.69. The van der Waals surface area contributed by atoms with Crippen molar-refractivity contribution in [3.05, 3.63) is 42.5 Å². The van der Waals surface area contributed by atoms with Crippen molar-refractivity contribution in [2.75, 3.05) is 12.3 Å². The van der Waals surface area contributed by atoms with Crippen LogP contribution in [0, 0.1) is 0 Å². The minimum absolute atomic E-state index is 0.556. The van der Waals surface area contributed by atoms with E-state index in [1.807, 2.05) is 13.8 Å². The molecule has 2 rings (SSSR count).